The number of amides is 1. The van der Waals surface area contributed by atoms with Crippen LogP contribution in [0.15, 0.2) is 12.1 Å². The van der Waals surface area contributed by atoms with Crippen molar-refractivity contribution >= 4 is 23.3 Å². The molecule has 6 heteroatoms. The van der Waals surface area contributed by atoms with Crippen LogP contribution in [0.3, 0.4) is 0 Å². The molecule has 1 aromatic heterocycles. The summed E-state index contributed by atoms with van der Waals surface area (Å²) in [6.07, 6.45) is 2.08. The van der Waals surface area contributed by atoms with E-state index in [4.69, 9.17) is 17.3 Å². The summed E-state index contributed by atoms with van der Waals surface area (Å²) >= 11 is 6.18. The predicted octanol–water partition coefficient (Wildman–Crippen LogP) is 2.25. The normalized spacial score (nSPS) is 10.8. The molecule has 0 aromatic carbocycles. The van der Waals surface area contributed by atoms with Crippen LogP contribution in [0.1, 0.15) is 32.4 Å². The van der Waals surface area contributed by atoms with Gasteiger partial charge in [0.05, 0.1) is 17.3 Å². The number of anilines is 1. The van der Waals surface area contributed by atoms with Crippen molar-refractivity contribution in [3.63, 3.8) is 0 Å². The van der Waals surface area contributed by atoms with Gasteiger partial charge in [-0.3, -0.25) is 9.69 Å². The maximum absolute atomic E-state index is 11.1. The van der Waals surface area contributed by atoms with Crippen molar-refractivity contribution in [2.24, 2.45) is 5.73 Å². The molecule has 1 rings (SSSR count). The van der Waals surface area contributed by atoms with Gasteiger partial charge < -0.3 is 11.1 Å². The maximum atomic E-state index is 11.1. The van der Waals surface area contributed by atoms with Crippen molar-refractivity contribution in [3.8, 4) is 0 Å². The zero-order chi connectivity index (χ0) is 15.0. The van der Waals surface area contributed by atoms with Gasteiger partial charge in [0.1, 0.15) is 5.82 Å². The minimum absolute atomic E-state index is 0.226. The molecule has 5 nitrogen and oxygen atoms in total. The summed E-state index contributed by atoms with van der Waals surface area (Å²) in [7, 11) is 0. The predicted molar refractivity (Wildman–Crippen MR) is 82.8 cm³/mol. The Bertz CT molecular complexity index is 439. The van der Waals surface area contributed by atoms with Gasteiger partial charge >= 0.3 is 0 Å². The van der Waals surface area contributed by atoms with E-state index in [1.54, 1.807) is 0 Å². The Morgan fingerprint density at radius 3 is 2.80 bits per heavy atom. The number of carbonyl (C=O) groups is 1. The highest BCUT2D eigenvalue weighted by Crippen LogP contribution is 2.18. The van der Waals surface area contributed by atoms with Crippen LogP contribution in [0.5, 0.6) is 0 Å². The van der Waals surface area contributed by atoms with Gasteiger partial charge in [-0.25, -0.2) is 4.98 Å². The Morgan fingerprint density at radius 1 is 1.45 bits per heavy atom. The van der Waals surface area contributed by atoms with Crippen molar-refractivity contribution in [1.82, 2.24) is 9.88 Å². The molecule has 0 radical (unpaired) electrons. The molecule has 0 fully saturated rings. The minimum Gasteiger partial charge on any atom is -0.370 e. The molecule has 0 bridgehead atoms. The lowest BCUT2D eigenvalue weighted by Crippen LogP contribution is -2.34. The Kier molecular flexibility index (Phi) is 7.33. The standard InChI is InChI=1S/C14H23ClN4O/c1-3-5-8-19(10-13(16)20)9-12-11(15)6-7-14(18-12)17-4-2/h6-7H,3-5,8-10H2,1-2H3,(H2,16,20)(H,17,18). The van der Waals surface area contributed by atoms with E-state index in [0.29, 0.717) is 11.6 Å². The molecule has 1 amide bonds. The monoisotopic (exact) mass is 298 g/mol. The summed E-state index contributed by atoms with van der Waals surface area (Å²) in [4.78, 5) is 17.6. The van der Waals surface area contributed by atoms with Gasteiger partial charge in [0.25, 0.3) is 0 Å². The van der Waals surface area contributed by atoms with Gasteiger partial charge in [-0.15, -0.1) is 0 Å². The number of nitrogens with one attached hydrogen (secondary N) is 1. The van der Waals surface area contributed by atoms with Gasteiger partial charge in [-0.05, 0) is 32.0 Å². The summed E-state index contributed by atoms with van der Waals surface area (Å²) in [5, 5.41) is 3.76. The quantitative estimate of drug-likeness (QED) is 0.733. The Morgan fingerprint density at radius 2 is 2.20 bits per heavy atom. The molecule has 0 aliphatic carbocycles. The SMILES string of the molecule is CCCCN(CC(N)=O)Cc1nc(NCC)ccc1Cl. The van der Waals surface area contributed by atoms with Gasteiger partial charge in [0.2, 0.25) is 5.91 Å². The number of pyridine rings is 1. The highest BCUT2D eigenvalue weighted by molar-refractivity contribution is 6.31. The second-order valence-corrected chi connectivity index (χ2v) is 5.09. The molecule has 0 saturated heterocycles. The molecule has 1 aromatic rings. The minimum atomic E-state index is -0.333. The van der Waals surface area contributed by atoms with Crippen LogP contribution in [-0.4, -0.2) is 35.4 Å². The van der Waals surface area contributed by atoms with Crippen molar-refractivity contribution in [2.75, 3.05) is 25.0 Å². The molecule has 20 heavy (non-hydrogen) atoms. The van der Waals surface area contributed by atoms with Crippen LogP contribution in [-0.2, 0) is 11.3 Å². The third-order valence-electron chi connectivity index (χ3n) is 2.86. The smallest absolute Gasteiger partial charge is 0.231 e. The zero-order valence-corrected chi connectivity index (χ0v) is 12.9. The lowest BCUT2D eigenvalue weighted by atomic mass is 10.2. The van der Waals surface area contributed by atoms with E-state index in [-0.39, 0.29) is 12.5 Å². The molecule has 0 spiro atoms. The fourth-order valence-corrected chi connectivity index (χ4v) is 2.07. The van der Waals surface area contributed by atoms with Gasteiger partial charge in [-0.1, -0.05) is 24.9 Å². The topological polar surface area (TPSA) is 71.2 Å². The third-order valence-corrected chi connectivity index (χ3v) is 3.20. The summed E-state index contributed by atoms with van der Waals surface area (Å²) < 4.78 is 0. The number of unbranched alkanes of at least 4 members (excludes halogenated alkanes) is 1. The van der Waals surface area contributed by atoms with E-state index >= 15 is 0 Å². The first kappa shape index (κ1) is 16.7. The van der Waals surface area contributed by atoms with E-state index in [1.165, 1.54) is 0 Å². The summed E-state index contributed by atoms with van der Waals surface area (Å²) in [6.45, 7) is 6.48. The van der Waals surface area contributed by atoms with Gasteiger partial charge in [0.15, 0.2) is 0 Å². The fourth-order valence-electron chi connectivity index (χ4n) is 1.90. The van der Waals surface area contributed by atoms with Crippen LogP contribution in [0.2, 0.25) is 5.02 Å². The number of carbonyl (C=O) groups excluding carboxylic acids is 1. The first-order valence-electron chi connectivity index (χ1n) is 6.96. The van der Waals surface area contributed by atoms with E-state index < -0.39 is 0 Å². The highest BCUT2D eigenvalue weighted by atomic mass is 35.5. The lowest BCUT2D eigenvalue weighted by molar-refractivity contribution is -0.119. The van der Waals surface area contributed by atoms with Gasteiger partial charge in [0, 0.05) is 13.1 Å². The van der Waals surface area contributed by atoms with Crippen LogP contribution < -0.4 is 11.1 Å². The number of primary amides is 1. The molecule has 0 saturated carbocycles. The average molecular weight is 299 g/mol. The Hall–Kier alpha value is -1.33. The summed E-state index contributed by atoms with van der Waals surface area (Å²) in [5.74, 6) is 0.460. The molecule has 0 aliphatic rings. The Balaban J connectivity index is 2.79. The second-order valence-electron chi connectivity index (χ2n) is 4.69. The maximum Gasteiger partial charge on any atom is 0.231 e. The van der Waals surface area contributed by atoms with Crippen LogP contribution in [0.4, 0.5) is 5.82 Å². The molecular formula is C14H23ClN4O. The second kappa shape index (κ2) is 8.76. The molecule has 3 N–H and O–H groups in total. The average Bonchev–Trinajstić information content (AvgIpc) is 2.39. The Labute approximate surface area is 125 Å². The van der Waals surface area contributed by atoms with Crippen LogP contribution >= 0.6 is 11.6 Å². The van der Waals surface area contributed by atoms with E-state index in [2.05, 4.69) is 17.2 Å². The number of nitrogens with two attached hydrogens (primary N) is 1. The van der Waals surface area contributed by atoms with E-state index in [9.17, 15) is 4.79 Å². The molecule has 0 atom stereocenters. The molecule has 0 unspecified atom stereocenters. The molecular weight excluding hydrogens is 276 g/mol. The third kappa shape index (κ3) is 5.75. The van der Waals surface area contributed by atoms with Crippen molar-refractivity contribution in [1.29, 1.82) is 0 Å². The van der Waals surface area contributed by atoms with Gasteiger partial charge in [-0.2, -0.15) is 0 Å². The van der Waals surface area contributed by atoms with Crippen LogP contribution in [0, 0.1) is 0 Å². The fraction of sp³-hybridized carbons (Fsp3) is 0.571. The first-order chi connectivity index (χ1) is 9.56. The van der Waals surface area contributed by atoms with E-state index in [1.807, 2.05) is 24.0 Å². The van der Waals surface area contributed by atoms with Crippen molar-refractivity contribution in [3.05, 3.63) is 22.8 Å². The van der Waals surface area contributed by atoms with Crippen molar-refractivity contribution in [2.45, 2.75) is 33.2 Å². The van der Waals surface area contributed by atoms with E-state index in [0.717, 1.165) is 37.4 Å². The number of aromatic nitrogens is 1. The number of hydrogen-bond acceptors (Lipinski definition) is 4. The molecule has 1 heterocycles. The first-order valence-corrected chi connectivity index (χ1v) is 7.34. The molecule has 112 valence electrons. The number of hydrogen-bond donors (Lipinski definition) is 2. The number of nitrogens with zero attached hydrogens (tertiary/aromatic N) is 2. The van der Waals surface area contributed by atoms with Crippen LogP contribution in [0.25, 0.3) is 0 Å². The summed E-state index contributed by atoms with van der Waals surface area (Å²) in [5.41, 5.74) is 6.05. The zero-order valence-electron chi connectivity index (χ0n) is 12.2. The van der Waals surface area contributed by atoms with Crippen molar-refractivity contribution < 1.29 is 4.79 Å². The number of halogens is 1. The highest BCUT2D eigenvalue weighted by Gasteiger charge is 2.12. The summed E-state index contributed by atoms with van der Waals surface area (Å²) in [6, 6.07) is 3.67. The largest absolute Gasteiger partial charge is 0.370 e. The number of rotatable bonds is 9. The lowest BCUT2D eigenvalue weighted by Gasteiger charge is -2.20. The molecule has 0 aliphatic heterocycles.